The molecular weight excluding hydrogens is 642 g/mol. The first-order valence-electron chi connectivity index (χ1n) is 20.3. The molecule has 1 saturated heterocycles. The summed E-state index contributed by atoms with van der Waals surface area (Å²) < 4.78 is 20.0. The van der Waals surface area contributed by atoms with Gasteiger partial charge in [0, 0.05) is 34.7 Å². The third kappa shape index (κ3) is 5.72. The summed E-state index contributed by atoms with van der Waals surface area (Å²) in [7, 11) is 0. The molecule has 8 heteroatoms. The molecule has 0 radical (unpaired) electrons. The van der Waals surface area contributed by atoms with E-state index in [9.17, 15) is 19.5 Å². The number of nitrogens with one attached hydrogen (secondary N) is 1. The van der Waals surface area contributed by atoms with Gasteiger partial charge >= 0.3 is 11.9 Å². The lowest BCUT2D eigenvalue weighted by Crippen LogP contribution is -2.71. The third-order valence-electron chi connectivity index (χ3n) is 17.0. The third-order valence-corrected chi connectivity index (χ3v) is 17.0. The van der Waals surface area contributed by atoms with E-state index < -0.39 is 45.1 Å². The molecule has 2 N–H and O–H groups in total. The van der Waals surface area contributed by atoms with Crippen LogP contribution in [0.5, 0.6) is 0 Å². The van der Waals surface area contributed by atoms with Gasteiger partial charge in [0.25, 0.3) is 0 Å². The molecule has 4 saturated carbocycles. The molecule has 0 aromatic carbocycles. The molecule has 288 valence electrons. The molecule has 6 aliphatic rings. The molecule has 1 aliphatic heterocycles. The standard InChI is InChI=1S/C43H69NO7/c1-25(2)27(5)38(7)18-19-40(9)30-16-17-33-39(8)22-49-24-43(33,31(30)20-34(46)42(40,11)35(38)37(47)48)21-32(51-28(6)45)36(39)50-23-41(10,26(3)4)44-29-14-12-13-15-29/h20,25-27,29-30,32-33,35-36,44H,12-19,21-24H2,1-11H3,(H,47,48)/t27-,30+,32-,33+,35-,36+,38-,39-,40-,41-,42+,43+/m1/s1. The highest BCUT2D eigenvalue weighted by molar-refractivity contribution is 6.00. The fraction of sp³-hybridized carbons (Fsp3) is 0.884. The van der Waals surface area contributed by atoms with E-state index >= 15 is 0 Å². The lowest BCUT2D eigenvalue weighted by molar-refractivity contribution is -0.268. The summed E-state index contributed by atoms with van der Waals surface area (Å²) in [5.41, 5.74) is -2.15. The maximum Gasteiger partial charge on any atom is 0.308 e. The lowest BCUT2D eigenvalue weighted by Gasteiger charge is -2.70. The molecule has 12 atom stereocenters. The summed E-state index contributed by atoms with van der Waals surface area (Å²) in [5, 5.41) is 15.0. The summed E-state index contributed by atoms with van der Waals surface area (Å²) >= 11 is 0. The van der Waals surface area contributed by atoms with Crippen LogP contribution >= 0.6 is 0 Å². The van der Waals surface area contributed by atoms with Crippen LogP contribution in [0.2, 0.25) is 0 Å². The molecule has 8 nitrogen and oxygen atoms in total. The van der Waals surface area contributed by atoms with Crippen molar-refractivity contribution in [2.45, 2.75) is 158 Å². The van der Waals surface area contributed by atoms with Gasteiger partial charge in [-0.1, -0.05) is 80.7 Å². The number of carbonyl (C=O) groups is 3. The summed E-state index contributed by atoms with van der Waals surface area (Å²) in [6, 6.07) is 0.489. The Kier molecular flexibility index (Phi) is 10.1. The van der Waals surface area contributed by atoms with Crippen LogP contribution in [0.3, 0.4) is 0 Å². The van der Waals surface area contributed by atoms with Gasteiger partial charge in [-0.3, -0.25) is 14.4 Å². The maximum atomic E-state index is 15.0. The highest BCUT2D eigenvalue weighted by Crippen LogP contribution is 2.74. The molecule has 6 rings (SSSR count). The van der Waals surface area contributed by atoms with Crippen molar-refractivity contribution in [1.29, 1.82) is 0 Å². The normalized spacial score (nSPS) is 44.2. The van der Waals surface area contributed by atoms with E-state index in [0.717, 1.165) is 31.3 Å². The van der Waals surface area contributed by atoms with Crippen LogP contribution in [0, 0.1) is 62.6 Å². The Hall–Kier alpha value is -1.77. The molecule has 0 unspecified atom stereocenters. The van der Waals surface area contributed by atoms with Crippen molar-refractivity contribution in [2.24, 2.45) is 62.6 Å². The van der Waals surface area contributed by atoms with E-state index in [-0.39, 0.29) is 41.1 Å². The zero-order valence-corrected chi connectivity index (χ0v) is 33.7. The average Bonchev–Trinajstić information content (AvgIpc) is 3.54. The number of esters is 1. The molecule has 0 amide bonds. The largest absolute Gasteiger partial charge is 0.481 e. The van der Waals surface area contributed by atoms with Gasteiger partial charge in [0.2, 0.25) is 0 Å². The van der Waals surface area contributed by atoms with Crippen molar-refractivity contribution in [3.05, 3.63) is 11.6 Å². The first kappa shape index (κ1) is 38.9. The summed E-state index contributed by atoms with van der Waals surface area (Å²) in [4.78, 5) is 41.2. The van der Waals surface area contributed by atoms with Gasteiger partial charge in [0.15, 0.2) is 5.78 Å². The molecule has 5 fully saturated rings. The van der Waals surface area contributed by atoms with E-state index in [1.54, 1.807) is 0 Å². The topological polar surface area (TPSA) is 111 Å². The fourth-order valence-electron chi connectivity index (χ4n) is 13.2. The van der Waals surface area contributed by atoms with Gasteiger partial charge < -0.3 is 24.6 Å². The fourth-order valence-corrected chi connectivity index (χ4v) is 13.2. The number of hydrogen-bond donors (Lipinski definition) is 2. The Balaban J connectivity index is 1.39. The van der Waals surface area contributed by atoms with Gasteiger partial charge in [-0.05, 0) is 98.4 Å². The molecule has 0 spiro atoms. The second-order valence-corrected chi connectivity index (χ2v) is 20.0. The predicted molar refractivity (Wildman–Crippen MR) is 198 cm³/mol. The smallest absolute Gasteiger partial charge is 0.308 e. The number of carbonyl (C=O) groups excluding carboxylic acids is 2. The Morgan fingerprint density at radius 1 is 1.02 bits per heavy atom. The summed E-state index contributed by atoms with van der Waals surface area (Å²) in [6.07, 6.45) is 9.87. The predicted octanol–water partition coefficient (Wildman–Crippen LogP) is 8.02. The number of ether oxygens (including phenoxy) is 3. The highest BCUT2D eigenvalue weighted by Gasteiger charge is 2.74. The molecule has 0 aromatic rings. The van der Waals surface area contributed by atoms with E-state index in [2.05, 4.69) is 67.6 Å². The van der Waals surface area contributed by atoms with E-state index in [1.165, 1.54) is 32.6 Å². The first-order valence-corrected chi connectivity index (χ1v) is 20.3. The average molecular weight is 712 g/mol. The SMILES string of the molecule is CC(=O)O[C@@H]1C[C@@]23COC[C@](C)([C@@H]2CC[C@H]2C3=CC(=O)[C@@]3(C)[C@H](C(=O)O)[C@@](C)([C@H](C)C(C)C)CC[C@]23C)[C@H]1OC[C@@](C)(NC1CCCC1)C(C)C. The van der Waals surface area contributed by atoms with Crippen LogP contribution in [0.25, 0.3) is 0 Å². The Morgan fingerprint density at radius 2 is 1.69 bits per heavy atom. The van der Waals surface area contributed by atoms with Crippen molar-refractivity contribution in [1.82, 2.24) is 5.32 Å². The minimum absolute atomic E-state index is 0.0402. The van der Waals surface area contributed by atoms with E-state index in [0.29, 0.717) is 44.1 Å². The maximum absolute atomic E-state index is 15.0. The molecule has 5 aliphatic carbocycles. The number of rotatable bonds is 10. The molecule has 51 heavy (non-hydrogen) atoms. The molecule has 2 bridgehead atoms. The van der Waals surface area contributed by atoms with E-state index in [1.807, 2.05) is 13.0 Å². The lowest BCUT2D eigenvalue weighted by atomic mass is 9.34. The van der Waals surface area contributed by atoms with Crippen LogP contribution in [-0.2, 0) is 28.6 Å². The van der Waals surface area contributed by atoms with Gasteiger partial charge in [-0.15, -0.1) is 0 Å². The monoisotopic (exact) mass is 712 g/mol. The number of ketones is 1. The number of aliphatic carboxylic acids is 1. The van der Waals surface area contributed by atoms with Crippen LogP contribution in [0.1, 0.15) is 134 Å². The van der Waals surface area contributed by atoms with Gasteiger partial charge in [-0.2, -0.15) is 0 Å². The Morgan fingerprint density at radius 3 is 2.27 bits per heavy atom. The number of allylic oxidation sites excluding steroid dienone is 1. The number of fused-ring (bicyclic) bond motifs is 3. The van der Waals surface area contributed by atoms with Crippen LogP contribution in [-0.4, -0.2) is 66.4 Å². The van der Waals surface area contributed by atoms with E-state index in [4.69, 9.17) is 14.2 Å². The van der Waals surface area contributed by atoms with Crippen molar-refractivity contribution in [2.75, 3.05) is 19.8 Å². The van der Waals surface area contributed by atoms with Crippen LogP contribution in [0.15, 0.2) is 11.6 Å². The number of hydrogen-bond acceptors (Lipinski definition) is 7. The Labute approximate surface area is 308 Å². The molecule has 1 heterocycles. The second kappa shape index (κ2) is 13.2. The zero-order valence-electron chi connectivity index (χ0n) is 33.7. The second-order valence-electron chi connectivity index (χ2n) is 20.0. The first-order chi connectivity index (χ1) is 23.7. The highest BCUT2D eigenvalue weighted by atomic mass is 16.6. The van der Waals surface area contributed by atoms with Crippen molar-refractivity contribution < 1.29 is 33.7 Å². The Bertz CT molecular complexity index is 1420. The minimum Gasteiger partial charge on any atom is -0.481 e. The van der Waals surface area contributed by atoms with Crippen LogP contribution < -0.4 is 5.32 Å². The summed E-state index contributed by atoms with van der Waals surface area (Å²) in [6.45, 7) is 24.8. The number of carboxylic acid groups (broad SMARTS) is 1. The van der Waals surface area contributed by atoms with Crippen molar-refractivity contribution in [3.8, 4) is 0 Å². The minimum atomic E-state index is -1.05. The van der Waals surface area contributed by atoms with Crippen LogP contribution in [0.4, 0.5) is 0 Å². The quantitative estimate of drug-likeness (QED) is 0.219. The van der Waals surface area contributed by atoms with Crippen molar-refractivity contribution in [3.63, 3.8) is 0 Å². The van der Waals surface area contributed by atoms with Gasteiger partial charge in [0.1, 0.15) is 12.2 Å². The number of carboxylic acids is 1. The van der Waals surface area contributed by atoms with Gasteiger partial charge in [0.05, 0.1) is 25.7 Å². The summed E-state index contributed by atoms with van der Waals surface area (Å²) in [5.74, 6) is -1.02. The zero-order chi connectivity index (χ0) is 37.5. The molecular formula is C43H69NO7. The molecule has 0 aromatic heterocycles. The van der Waals surface area contributed by atoms with Crippen molar-refractivity contribution >= 4 is 17.7 Å². The van der Waals surface area contributed by atoms with Gasteiger partial charge in [-0.25, -0.2) is 0 Å².